The molecule has 0 spiro atoms. The third-order valence-corrected chi connectivity index (χ3v) is 14.0. The summed E-state index contributed by atoms with van der Waals surface area (Å²) in [5, 5.41) is 10.5. The van der Waals surface area contributed by atoms with Crippen molar-refractivity contribution >= 4 is 49.2 Å². The van der Waals surface area contributed by atoms with Crippen LogP contribution in [0.3, 0.4) is 0 Å². The molecule has 0 unspecified atom stereocenters. The summed E-state index contributed by atoms with van der Waals surface area (Å²) in [7, 11) is 0. The van der Waals surface area contributed by atoms with Crippen molar-refractivity contribution in [1.82, 2.24) is 19.8 Å². The fraction of sp³-hybridized carbons (Fsp3) is 0.750. The molecule has 2 aromatic heterocycles. The number of alkyl halides is 12. The van der Waals surface area contributed by atoms with Crippen LogP contribution in [-0.4, -0.2) is 102 Å². The van der Waals surface area contributed by atoms with E-state index in [0.717, 1.165) is 22.7 Å². The summed E-state index contributed by atoms with van der Waals surface area (Å²) in [4.78, 5) is 48.3. The maximum absolute atomic E-state index is 12.8. The number of aromatic nitrogens is 2. The number of aldehydes is 1. The van der Waals surface area contributed by atoms with Crippen LogP contribution in [-0.2, 0) is 6.61 Å². The van der Waals surface area contributed by atoms with Gasteiger partial charge in [0.15, 0.2) is 6.29 Å². The van der Waals surface area contributed by atoms with Crippen LogP contribution in [0, 0.1) is 23.7 Å². The van der Waals surface area contributed by atoms with Gasteiger partial charge in [-0.25, -0.2) is 9.97 Å². The molecule has 24 heteroatoms. The average molecular weight is 922 g/mol. The average Bonchev–Trinajstić information content (AvgIpc) is 3.82. The van der Waals surface area contributed by atoms with E-state index in [0.29, 0.717) is 34.0 Å². The standard InChI is InChI=1S/C18H22F6N2O2S.C18H20F6N2O2S.B.Na.H/c2*19-17(20,21)11-3-1-10(2-4-11)15-25-14(13(9-27)29-15)16(28)26-7-5-12(6-8-26)18(22,23)24;;;/h10-12,27H,1-9H2;9-12H,1-8H2;;;/q;;;+1;-1. The number of halogens is 12. The van der Waals surface area contributed by atoms with E-state index in [2.05, 4.69) is 9.97 Å². The number of likely N-dealkylation sites (tertiary alicyclic amines) is 2. The van der Waals surface area contributed by atoms with Crippen molar-refractivity contribution in [2.24, 2.45) is 23.7 Å². The molecule has 2 aromatic rings. The van der Waals surface area contributed by atoms with Crippen molar-refractivity contribution in [3.63, 3.8) is 0 Å². The van der Waals surface area contributed by atoms with Crippen LogP contribution >= 0.6 is 22.7 Å². The van der Waals surface area contributed by atoms with Gasteiger partial charge in [0.2, 0.25) is 0 Å². The predicted octanol–water partition coefficient (Wildman–Crippen LogP) is 6.83. The van der Waals surface area contributed by atoms with Crippen molar-refractivity contribution in [1.29, 1.82) is 0 Å². The fourth-order valence-corrected chi connectivity index (χ4v) is 10.2. The summed E-state index contributed by atoms with van der Waals surface area (Å²) in [5.41, 5.74) is -0.0979. The number of thiazole rings is 2. The van der Waals surface area contributed by atoms with Crippen molar-refractivity contribution in [2.75, 3.05) is 26.2 Å². The van der Waals surface area contributed by atoms with Crippen LogP contribution in [0.15, 0.2) is 0 Å². The second-order valence-corrected chi connectivity index (χ2v) is 17.4. The Morgan fingerprint density at radius 1 is 0.583 bits per heavy atom. The number of carbonyl (C=O) groups is 3. The molecule has 331 valence electrons. The van der Waals surface area contributed by atoms with Crippen LogP contribution in [0.4, 0.5) is 52.7 Å². The zero-order valence-electron chi connectivity index (χ0n) is 33.5. The number of carbonyl (C=O) groups excluding carboxylic acids is 3. The Balaban J connectivity index is 0.000000400. The molecule has 4 aliphatic rings. The van der Waals surface area contributed by atoms with Crippen LogP contribution in [0.25, 0.3) is 0 Å². The summed E-state index contributed by atoms with van der Waals surface area (Å²) >= 11 is 2.09. The number of hydrogen-bond acceptors (Lipinski definition) is 8. The largest absolute Gasteiger partial charge is 1.00 e. The minimum absolute atomic E-state index is 0. The smallest absolute Gasteiger partial charge is 1.00 e. The number of rotatable bonds is 6. The van der Waals surface area contributed by atoms with Gasteiger partial charge in [-0.1, -0.05) is 0 Å². The van der Waals surface area contributed by atoms with Gasteiger partial charge in [0.1, 0.15) is 11.4 Å². The van der Waals surface area contributed by atoms with Crippen molar-refractivity contribution in [2.45, 2.75) is 120 Å². The Hall–Kier alpha value is -1.95. The van der Waals surface area contributed by atoms with Gasteiger partial charge in [0.25, 0.3) is 11.8 Å². The fourth-order valence-electron chi connectivity index (χ4n) is 8.03. The second-order valence-electron chi connectivity index (χ2n) is 15.3. The molecular formula is C36H43BF12N4NaO4S2. The van der Waals surface area contributed by atoms with E-state index in [1.165, 1.54) is 9.80 Å². The molecular weight excluding hydrogens is 878 g/mol. The summed E-state index contributed by atoms with van der Waals surface area (Å²) in [5.74, 6) is -7.14. The van der Waals surface area contributed by atoms with Crippen molar-refractivity contribution in [3.8, 4) is 0 Å². The van der Waals surface area contributed by atoms with E-state index in [4.69, 9.17) is 0 Å². The maximum Gasteiger partial charge on any atom is 1.00 e. The molecule has 8 nitrogen and oxygen atoms in total. The Morgan fingerprint density at radius 2 is 0.900 bits per heavy atom. The Morgan fingerprint density at radius 3 is 1.23 bits per heavy atom. The second kappa shape index (κ2) is 21.2. The van der Waals surface area contributed by atoms with Gasteiger partial charge >= 0.3 is 54.3 Å². The minimum Gasteiger partial charge on any atom is -1.00 e. The Labute approximate surface area is 371 Å². The van der Waals surface area contributed by atoms with Gasteiger partial charge in [-0.15, -0.1) is 22.7 Å². The molecule has 2 aliphatic heterocycles. The summed E-state index contributed by atoms with van der Waals surface area (Å²) < 4.78 is 154. The van der Waals surface area contributed by atoms with Gasteiger partial charge in [-0.3, -0.25) is 14.4 Å². The van der Waals surface area contributed by atoms with Gasteiger partial charge in [-0.2, -0.15) is 52.7 Å². The van der Waals surface area contributed by atoms with E-state index in [9.17, 15) is 72.2 Å². The third-order valence-electron chi connectivity index (χ3n) is 11.6. The molecule has 1 N–H and O–H groups in total. The molecule has 0 bridgehead atoms. The Kier molecular flexibility index (Phi) is 18.5. The van der Waals surface area contributed by atoms with Crippen LogP contribution < -0.4 is 29.6 Å². The number of nitrogens with zero attached hydrogens (tertiary/aromatic N) is 4. The molecule has 0 atom stereocenters. The van der Waals surface area contributed by atoms with Crippen LogP contribution in [0.1, 0.15) is 136 Å². The number of amides is 2. The predicted molar refractivity (Wildman–Crippen MR) is 193 cm³/mol. The molecule has 60 heavy (non-hydrogen) atoms. The third kappa shape index (κ3) is 13.1. The van der Waals surface area contributed by atoms with Crippen LogP contribution in [0.5, 0.6) is 0 Å². The summed E-state index contributed by atoms with van der Waals surface area (Å²) in [6, 6.07) is 0. The number of hydrogen-bond donors (Lipinski definition) is 1. The van der Waals surface area contributed by atoms with Gasteiger partial charge in [0, 0.05) is 46.4 Å². The maximum atomic E-state index is 12.8. The first kappa shape index (κ1) is 52.4. The molecule has 0 aromatic carbocycles. The molecule has 3 radical (unpaired) electrons. The number of aliphatic hydroxyl groups is 1. The van der Waals surface area contributed by atoms with Gasteiger partial charge < -0.3 is 16.3 Å². The zero-order valence-corrected chi connectivity index (χ0v) is 36.1. The first-order chi connectivity index (χ1) is 27.0. The SMILES string of the molecule is O=C(c1nc(C2CCC(C(F)(F)F)CC2)sc1CO)N1CCC(C(F)(F)F)CC1.O=Cc1sc(C2CCC(C(F)(F)F)CC2)nc1C(=O)N1CCC(C(F)(F)F)CC1.[B].[H-].[Na+]. The van der Waals surface area contributed by atoms with E-state index in [1.54, 1.807) is 0 Å². The number of piperidine rings is 2. The summed E-state index contributed by atoms with van der Waals surface area (Å²) in [6.45, 7) is -0.694. The molecule has 2 aliphatic carbocycles. The van der Waals surface area contributed by atoms with E-state index >= 15 is 0 Å². The molecule has 4 fully saturated rings. The van der Waals surface area contributed by atoms with E-state index in [1.807, 2.05) is 0 Å². The van der Waals surface area contributed by atoms with Gasteiger partial charge in [0.05, 0.1) is 50.0 Å². The first-order valence-electron chi connectivity index (χ1n) is 18.9. The Bertz CT molecular complexity index is 1730. The first-order valence-corrected chi connectivity index (χ1v) is 20.6. The number of aliphatic hydroxyl groups excluding tert-OH is 1. The molecule has 2 saturated heterocycles. The van der Waals surface area contributed by atoms with Crippen molar-refractivity contribution < 1.29 is 103 Å². The van der Waals surface area contributed by atoms with E-state index in [-0.39, 0.29) is 158 Å². The minimum atomic E-state index is -4.30. The van der Waals surface area contributed by atoms with Crippen molar-refractivity contribution in [3.05, 3.63) is 31.2 Å². The topological polar surface area (TPSA) is 104 Å². The quantitative estimate of drug-likeness (QED) is 0.194. The summed E-state index contributed by atoms with van der Waals surface area (Å²) in [6.07, 6.45) is -16.3. The van der Waals surface area contributed by atoms with Gasteiger partial charge in [-0.05, 0) is 77.0 Å². The molecule has 4 heterocycles. The van der Waals surface area contributed by atoms with Crippen LogP contribution in [0.2, 0.25) is 0 Å². The monoisotopic (exact) mass is 921 g/mol. The molecule has 2 saturated carbocycles. The zero-order chi connectivity index (χ0) is 42.8. The molecule has 2 amide bonds. The normalized spacial score (nSPS) is 23.8. The van der Waals surface area contributed by atoms with E-state index < -0.39 is 66.8 Å². The molecule has 6 rings (SSSR count).